The van der Waals surface area contributed by atoms with Gasteiger partial charge in [0.2, 0.25) is 0 Å². The number of nitrogens with zero attached hydrogens (tertiary/aromatic N) is 1. The number of amides is 1. The van der Waals surface area contributed by atoms with Crippen molar-refractivity contribution >= 4 is 11.9 Å². The summed E-state index contributed by atoms with van der Waals surface area (Å²) in [6, 6.07) is 12.9. The lowest BCUT2D eigenvalue weighted by atomic mass is 10.0. The quantitative estimate of drug-likeness (QED) is 0.741. The number of aliphatic carboxylic acids is 1. The standard InChI is InChI=1S/C20H20N2O5/c1-26-15-6-7-16(18(11-15)27-2)17(12-19(23)24)22-20(25)14-5-3-4-13(10-14)8-9-21/h3-7,10-11,17H,8,12H2,1-2H3,(H,22,25)(H,23,24). The van der Waals surface area contributed by atoms with Crippen LogP contribution < -0.4 is 14.8 Å². The lowest BCUT2D eigenvalue weighted by Crippen LogP contribution is -2.30. The smallest absolute Gasteiger partial charge is 0.305 e. The number of hydrogen-bond donors (Lipinski definition) is 2. The number of carboxylic acids is 1. The van der Waals surface area contributed by atoms with E-state index in [-0.39, 0.29) is 12.8 Å². The average molecular weight is 368 g/mol. The van der Waals surface area contributed by atoms with Crippen LogP contribution in [0.15, 0.2) is 42.5 Å². The zero-order valence-corrected chi connectivity index (χ0v) is 15.1. The Kier molecular flexibility index (Phi) is 6.78. The molecule has 2 N–H and O–H groups in total. The fourth-order valence-corrected chi connectivity index (χ4v) is 2.68. The van der Waals surface area contributed by atoms with Gasteiger partial charge in [-0.15, -0.1) is 0 Å². The second kappa shape index (κ2) is 9.25. The normalized spacial score (nSPS) is 11.1. The Bertz CT molecular complexity index is 873. The number of nitrogens with one attached hydrogen (secondary N) is 1. The van der Waals surface area contributed by atoms with Crippen LogP contribution in [0.5, 0.6) is 11.5 Å². The van der Waals surface area contributed by atoms with Gasteiger partial charge in [0.05, 0.1) is 39.2 Å². The molecule has 0 aliphatic rings. The molecule has 0 saturated heterocycles. The van der Waals surface area contributed by atoms with Gasteiger partial charge in [-0.3, -0.25) is 9.59 Å². The number of carbonyl (C=O) groups excluding carboxylic acids is 1. The van der Waals surface area contributed by atoms with Crippen LogP contribution in [-0.4, -0.2) is 31.2 Å². The highest BCUT2D eigenvalue weighted by atomic mass is 16.5. The fourth-order valence-electron chi connectivity index (χ4n) is 2.68. The van der Waals surface area contributed by atoms with Gasteiger partial charge in [0.1, 0.15) is 11.5 Å². The van der Waals surface area contributed by atoms with E-state index in [0.29, 0.717) is 28.2 Å². The summed E-state index contributed by atoms with van der Waals surface area (Å²) in [5, 5.41) is 20.8. The first-order valence-electron chi connectivity index (χ1n) is 8.19. The van der Waals surface area contributed by atoms with Crippen LogP contribution in [0.2, 0.25) is 0 Å². The van der Waals surface area contributed by atoms with Crippen molar-refractivity contribution in [2.75, 3.05) is 14.2 Å². The minimum absolute atomic E-state index is 0.186. The number of carbonyl (C=O) groups is 2. The van der Waals surface area contributed by atoms with Gasteiger partial charge in [0, 0.05) is 17.2 Å². The molecule has 140 valence electrons. The summed E-state index contributed by atoms with van der Waals surface area (Å²) in [7, 11) is 2.97. The molecule has 0 fully saturated rings. The van der Waals surface area contributed by atoms with E-state index in [1.54, 1.807) is 42.5 Å². The van der Waals surface area contributed by atoms with Crippen molar-refractivity contribution in [3.8, 4) is 17.6 Å². The van der Waals surface area contributed by atoms with Crippen molar-refractivity contribution in [2.24, 2.45) is 0 Å². The van der Waals surface area contributed by atoms with E-state index >= 15 is 0 Å². The molecular weight excluding hydrogens is 348 g/mol. The molecule has 0 spiro atoms. The molecule has 7 heteroatoms. The molecule has 1 amide bonds. The number of ether oxygens (including phenoxy) is 2. The van der Waals surface area contributed by atoms with Crippen LogP contribution in [-0.2, 0) is 11.2 Å². The highest BCUT2D eigenvalue weighted by Crippen LogP contribution is 2.31. The Morgan fingerprint density at radius 2 is 1.96 bits per heavy atom. The van der Waals surface area contributed by atoms with Crippen molar-refractivity contribution in [3.63, 3.8) is 0 Å². The molecule has 2 aromatic carbocycles. The Morgan fingerprint density at radius 1 is 1.19 bits per heavy atom. The summed E-state index contributed by atoms with van der Waals surface area (Å²) in [5.74, 6) is -0.519. The molecule has 2 rings (SSSR count). The van der Waals surface area contributed by atoms with E-state index in [9.17, 15) is 14.7 Å². The molecule has 0 aromatic heterocycles. The molecule has 1 atom stereocenters. The lowest BCUT2D eigenvalue weighted by Gasteiger charge is -2.20. The van der Waals surface area contributed by atoms with Gasteiger partial charge in [-0.2, -0.15) is 5.26 Å². The highest BCUT2D eigenvalue weighted by molar-refractivity contribution is 5.95. The van der Waals surface area contributed by atoms with E-state index in [1.807, 2.05) is 6.07 Å². The third-order valence-corrected chi connectivity index (χ3v) is 3.97. The minimum Gasteiger partial charge on any atom is -0.497 e. The zero-order chi connectivity index (χ0) is 19.8. The molecule has 2 aromatic rings. The van der Waals surface area contributed by atoms with Crippen molar-refractivity contribution in [3.05, 3.63) is 59.2 Å². The maximum Gasteiger partial charge on any atom is 0.305 e. The third kappa shape index (κ3) is 5.22. The van der Waals surface area contributed by atoms with E-state index in [2.05, 4.69) is 5.32 Å². The molecule has 0 bridgehead atoms. The van der Waals surface area contributed by atoms with Gasteiger partial charge in [-0.1, -0.05) is 12.1 Å². The second-order valence-corrected chi connectivity index (χ2v) is 5.77. The SMILES string of the molecule is COc1ccc(C(CC(=O)O)NC(=O)c2cccc(CC#N)c2)c(OC)c1. The number of benzene rings is 2. The molecule has 0 aliphatic carbocycles. The molecule has 0 radical (unpaired) electrons. The van der Waals surface area contributed by atoms with E-state index < -0.39 is 17.9 Å². The van der Waals surface area contributed by atoms with Crippen LogP contribution >= 0.6 is 0 Å². The predicted molar refractivity (Wildman–Crippen MR) is 97.8 cm³/mol. The number of carboxylic acid groups (broad SMARTS) is 1. The van der Waals surface area contributed by atoms with Crippen LogP contribution in [0.4, 0.5) is 0 Å². The summed E-state index contributed by atoms with van der Waals surface area (Å²) >= 11 is 0. The Hall–Kier alpha value is -3.53. The van der Waals surface area contributed by atoms with Crippen molar-refractivity contribution in [1.29, 1.82) is 5.26 Å². The Labute approximate surface area is 157 Å². The van der Waals surface area contributed by atoms with E-state index in [1.165, 1.54) is 14.2 Å². The van der Waals surface area contributed by atoms with Gasteiger partial charge < -0.3 is 19.9 Å². The number of methoxy groups -OCH3 is 2. The highest BCUT2D eigenvalue weighted by Gasteiger charge is 2.22. The first kappa shape index (κ1) is 19.8. The maximum absolute atomic E-state index is 12.6. The molecule has 0 heterocycles. The molecule has 0 saturated carbocycles. The Balaban J connectivity index is 2.32. The van der Waals surface area contributed by atoms with Gasteiger partial charge in [0.25, 0.3) is 5.91 Å². The van der Waals surface area contributed by atoms with E-state index in [4.69, 9.17) is 14.7 Å². The van der Waals surface area contributed by atoms with Crippen molar-refractivity contribution in [2.45, 2.75) is 18.9 Å². The van der Waals surface area contributed by atoms with Crippen molar-refractivity contribution < 1.29 is 24.2 Å². The summed E-state index contributed by atoms with van der Waals surface area (Å²) in [6.07, 6.45) is -0.127. The van der Waals surface area contributed by atoms with Gasteiger partial charge in [0.15, 0.2) is 0 Å². The van der Waals surface area contributed by atoms with Crippen LogP contribution in [0, 0.1) is 11.3 Å². The number of rotatable bonds is 8. The monoisotopic (exact) mass is 368 g/mol. The largest absolute Gasteiger partial charge is 0.497 e. The Morgan fingerprint density at radius 3 is 2.59 bits per heavy atom. The molecule has 27 heavy (non-hydrogen) atoms. The van der Waals surface area contributed by atoms with Crippen LogP contribution in [0.25, 0.3) is 0 Å². The summed E-state index contributed by atoms with van der Waals surface area (Å²) in [5.41, 5.74) is 1.59. The predicted octanol–water partition coefficient (Wildman–Crippen LogP) is 2.72. The number of hydrogen-bond acceptors (Lipinski definition) is 5. The molecular formula is C20H20N2O5. The summed E-state index contributed by atoms with van der Waals surface area (Å²) in [4.78, 5) is 23.9. The van der Waals surface area contributed by atoms with E-state index in [0.717, 1.165) is 0 Å². The van der Waals surface area contributed by atoms with Gasteiger partial charge >= 0.3 is 5.97 Å². The van der Waals surface area contributed by atoms with Crippen LogP contribution in [0.3, 0.4) is 0 Å². The molecule has 0 aliphatic heterocycles. The number of nitriles is 1. The third-order valence-electron chi connectivity index (χ3n) is 3.97. The van der Waals surface area contributed by atoms with Gasteiger partial charge in [-0.05, 0) is 29.8 Å². The van der Waals surface area contributed by atoms with Crippen LogP contribution in [0.1, 0.15) is 33.9 Å². The minimum atomic E-state index is -1.06. The summed E-state index contributed by atoms with van der Waals surface area (Å²) < 4.78 is 10.5. The topological polar surface area (TPSA) is 109 Å². The zero-order valence-electron chi connectivity index (χ0n) is 15.1. The van der Waals surface area contributed by atoms with Gasteiger partial charge in [-0.25, -0.2) is 0 Å². The molecule has 1 unspecified atom stereocenters. The second-order valence-electron chi connectivity index (χ2n) is 5.77. The first-order valence-corrected chi connectivity index (χ1v) is 8.19. The maximum atomic E-state index is 12.6. The fraction of sp³-hybridized carbons (Fsp3) is 0.250. The molecule has 7 nitrogen and oxygen atoms in total. The lowest BCUT2D eigenvalue weighted by molar-refractivity contribution is -0.137. The van der Waals surface area contributed by atoms with Crippen molar-refractivity contribution in [1.82, 2.24) is 5.32 Å². The average Bonchev–Trinajstić information content (AvgIpc) is 2.67. The first-order chi connectivity index (χ1) is 13.0. The summed E-state index contributed by atoms with van der Waals surface area (Å²) in [6.45, 7) is 0.